The third-order valence-electron chi connectivity index (χ3n) is 0.406. The molecule has 14 nitrogen and oxygen atoms in total. The smallest absolute Gasteiger partial charge is 0.356 e. The number of aromatic amines is 1. The molecule has 0 atom stereocenters. The van der Waals surface area contributed by atoms with E-state index in [-0.39, 0.29) is 35.6 Å². The van der Waals surface area contributed by atoms with Crippen molar-refractivity contribution in [3.63, 3.8) is 0 Å². The van der Waals surface area contributed by atoms with Crippen LogP contribution in [0.1, 0.15) is 0 Å². The van der Waals surface area contributed by atoms with E-state index in [2.05, 4.69) is 9.97 Å². The zero-order valence-electron chi connectivity index (χ0n) is 8.27. The molecule has 0 amide bonds. The molecule has 1 aromatic heterocycles. The van der Waals surface area contributed by atoms with Crippen molar-refractivity contribution in [3.8, 4) is 0 Å². The number of hydrogen-bond acceptors (Lipinski definition) is 10. The van der Waals surface area contributed by atoms with E-state index in [1.807, 2.05) is 0 Å². The van der Waals surface area contributed by atoms with Crippen LogP contribution in [0.3, 0.4) is 0 Å². The molecule has 0 aliphatic heterocycles. The molecule has 0 saturated carbocycles. The van der Waals surface area contributed by atoms with Gasteiger partial charge in [0, 0.05) is 12.4 Å². The van der Waals surface area contributed by atoms with Crippen LogP contribution in [-0.2, 0) is 0 Å². The molecular weight excluding hydrogens is 389 g/mol. The summed E-state index contributed by atoms with van der Waals surface area (Å²) in [5, 5.41) is 44.2. The molecule has 15 heteroatoms. The Balaban J connectivity index is -0.0000000719. The second kappa shape index (κ2) is 20.4. The fourth-order valence-corrected chi connectivity index (χ4v) is 0.215. The number of nitrogens with one attached hydrogen (secondary N) is 1. The Kier molecular flexibility index (Phi) is 28.4. The molecule has 1 rings (SSSR count). The van der Waals surface area contributed by atoms with Crippen molar-refractivity contribution < 1.29 is 50.9 Å². The average Bonchev–Trinajstić information content (AvgIpc) is 2.53. The topological polar surface area (TPSA) is 227 Å². The summed E-state index contributed by atoms with van der Waals surface area (Å²) in [6.07, 6.45) is 5.08. The fourth-order valence-electron chi connectivity index (χ4n) is 0.215. The van der Waals surface area contributed by atoms with E-state index in [4.69, 9.17) is 46.0 Å². The zero-order chi connectivity index (χ0) is 14.3. The van der Waals surface area contributed by atoms with Gasteiger partial charge in [-0.15, -0.1) is 0 Å². The third kappa shape index (κ3) is 262. The van der Waals surface area contributed by atoms with Crippen molar-refractivity contribution in [1.29, 1.82) is 0 Å². The minimum absolute atomic E-state index is 0. The minimum atomic E-state index is -1.75. The van der Waals surface area contributed by atoms with Crippen LogP contribution in [0, 0.1) is 81.6 Å². The third-order valence-corrected chi connectivity index (χ3v) is 0.406. The number of imidazole rings is 1. The molecule has 0 radical (unpaired) electrons. The van der Waals surface area contributed by atoms with Crippen LogP contribution in [0.25, 0.3) is 0 Å². The van der Waals surface area contributed by atoms with Gasteiger partial charge in [-0.3, -0.25) is 0 Å². The molecule has 0 fully saturated rings. The van der Waals surface area contributed by atoms with E-state index < -0.39 is 15.3 Å². The number of H-pyrrole nitrogens is 1. The molecule has 18 heavy (non-hydrogen) atoms. The number of nitrogens with zero attached hydrogens (tertiary/aromatic N) is 4. The molecule has 0 aliphatic rings. The Morgan fingerprint density at radius 3 is 1.17 bits per heavy atom. The average molecular weight is 393 g/mol. The molecule has 98 valence electrons. The molecule has 0 aliphatic carbocycles. The summed E-state index contributed by atoms with van der Waals surface area (Å²) in [7, 11) is 0. The maximum Gasteiger partial charge on any atom is 3.00 e. The summed E-state index contributed by atoms with van der Waals surface area (Å²) in [5.41, 5.74) is 0. The molecule has 0 bridgehead atoms. The number of rotatable bonds is 0. The van der Waals surface area contributed by atoms with Crippen molar-refractivity contribution in [2.24, 2.45) is 0 Å². The van der Waals surface area contributed by atoms with Gasteiger partial charge in [-0.05, 0) is 0 Å². The van der Waals surface area contributed by atoms with Crippen LogP contribution in [0.15, 0.2) is 18.7 Å². The summed E-state index contributed by atoms with van der Waals surface area (Å²) in [6.45, 7) is 0. The predicted octanol–water partition coefficient (Wildman–Crippen LogP) is -0.308. The van der Waals surface area contributed by atoms with Gasteiger partial charge in [0.05, 0.1) is 21.6 Å². The standard InChI is InChI=1S/C3H4N2.La.3NO3/c1-2-5-3-4-1;;3*2-1(3)4/h1-3H,(H,4,5);;;;/q;+3;3*-1. The molecule has 0 saturated heterocycles. The summed E-state index contributed by atoms with van der Waals surface area (Å²) in [5.74, 6) is 0. The maximum atomic E-state index is 8.25. The quantitative estimate of drug-likeness (QED) is 0.446. The fraction of sp³-hybridized carbons (Fsp3) is 0. The molecular formula is C3H4LaN5O9. The Hall–Kier alpha value is -2.00. The second-order valence-corrected chi connectivity index (χ2v) is 1.43. The monoisotopic (exact) mass is 393 g/mol. The molecule has 1 heterocycles. The van der Waals surface area contributed by atoms with Crippen LogP contribution in [0.2, 0.25) is 0 Å². The summed E-state index contributed by atoms with van der Waals surface area (Å²) < 4.78 is 0. The van der Waals surface area contributed by atoms with Gasteiger partial charge in [-0.2, -0.15) is 0 Å². The van der Waals surface area contributed by atoms with E-state index in [9.17, 15) is 0 Å². The van der Waals surface area contributed by atoms with E-state index in [0.717, 1.165) is 0 Å². The second-order valence-electron chi connectivity index (χ2n) is 1.43. The first kappa shape index (κ1) is 25.0. The minimum Gasteiger partial charge on any atom is -0.356 e. The van der Waals surface area contributed by atoms with Crippen molar-refractivity contribution in [3.05, 3.63) is 64.7 Å². The van der Waals surface area contributed by atoms with Gasteiger partial charge in [0.15, 0.2) is 0 Å². The Labute approximate surface area is 125 Å². The van der Waals surface area contributed by atoms with Gasteiger partial charge in [0.1, 0.15) is 0 Å². The van der Waals surface area contributed by atoms with Gasteiger partial charge < -0.3 is 50.9 Å². The summed E-state index contributed by atoms with van der Waals surface area (Å²) in [4.78, 5) is 31.2. The van der Waals surface area contributed by atoms with Crippen molar-refractivity contribution in [1.82, 2.24) is 9.97 Å². The van der Waals surface area contributed by atoms with E-state index in [0.29, 0.717) is 0 Å². The van der Waals surface area contributed by atoms with Gasteiger partial charge in [0.2, 0.25) is 0 Å². The first-order valence-corrected chi connectivity index (χ1v) is 3.07. The van der Waals surface area contributed by atoms with Crippen molar-refractivity contribution >= 4 is 0 Å². The van der Waals surface area contributed by atoms with Crippen molar-refractivity contribution in [2.45, 2.75) is 0 Å². The van der Waals surface area contributed by atoms with Crippen LogP contribution in [-0.4, -0.2) is 25.2 Å². The Bertz CT molecular complexity index is 245. The zero-order valence-corrected chi connectivity index (χ0v) is 11.9. The van der Waals surface area contributed by atoms with Gasteiger partial charge >= 0.3 is 35.6 Å². The number of aromatic nitrogens is 2. The predicted molar refractivity (Wildman–Crippen MR) is 49.7 cm³/mol. The van der Waals surface area contributed by atoms with E-state index in [1.54, 1.807) is 18.7 Å². The maximum absolute atomic E-state index is 8.25. The van der Waals surface area contributed by atoms with Crippen LogP contribution in [0.4, 0.5) is 0 Å². The molecule has 0 aromatic carbocycles. The van der Waals surface area contributed by atoms with Gasteiger partial charge in [-0.25, -0.2) is 4.98 Å². The Morgan fingerprint density at radius 2 is 1.11 bits per heavy atom. The molecule has 1 N–H and O–H groups in total. The molecule has 1 aromatic rings. The van der Waals surface area contributed by atoms with Gasteiger partial charge in [0.25, 0.3) is 0 Å². The first-order chi connectivity index (χ1) is 7.70. The van der Waals surface area contributed by atoms with E-state index in [1.165, 1.54) is 0 Å². The van der Waals surface area contributed by atoms with Gasteiger partial charge in [-0.1, -0.05) is 0 Å². The SMILES string of the molecule is O=[N+]([O-])[O-].O=[N+]([O-])[O-].O=[N+]([O-])[O-].[La+3].c1c[nH]cn1. The van der Waals surface area contributed by atoms with Crippen LogP contribution in [0.5, 0.6) is 0 Å². The summed E-state index contributed by atoms with van der Waals surface area (Å²) >= 11 is 0. The largest absolute Gasteiger partial charge is 3.00 e. The van der Waals surface area contributed by atoms with Crippen molar-refractivity contribution in [2.75, 3.05) is 0 Å². The normalized spacial score (nSPS) is 6.22. The molecule has 0 unspecified atom stereocenters. The number of hydrogen-bond donors (Lipinski definition) is 1. The van der Waals surface area contributed by atoms with Crippen LogP contribution < -0.4 is 0 Å². The first-order valence-electron chi connectivity index (χ1n) is 3.07. The van der Waals surface area contributed by atoms with E-state index >= 15 is 0 Å². The molecule has 0 spiro atoms. The summed E-state index contributed by atoms with van der Waals surface area (Å²) in [6, 6.07) is 0. The Morgan fingerprint density at radius 1 is 0.833 bits per heavy atom. The van der Waals surface area contributed by atoms with Crippen LogP contribution >= 0.6 is 0 Å².